The van der Waals surface area contributed by atoms with E-state index in [1.807, 2.05) is 43.3 Å². The van der Waals surface area contributed by atoms with Gasteiger partial charge in [-0.3, -0.25) is 4.99 Å². The van der Waals surface area contributed by atoms with Gasteiger partial charge in [0.1, 0.15) is 11.5 Å². The molecule has 0 spiro atoms. The number of hydrogen-bond acceptors (Lipinski definition) is 6. The minimum absolute atomic E-state index is 0. The first-order valence-electron chi connectivity index (χ1n) is 10.8. The summed E-state index contributed by atoms with van der Waals surface area (Å²) in [5, 5.41) is 6.61. The third-order valence-corrected chi connectivity index (χ3v) is 4.70. The van der Waals surface area contributed by atoms with Gasteiger partial charge in [-0.05, 0) is 55.7 Å². The number of pyridine rings is 1. The quantitative estimate of drug-likeness (QED) is 0.189. The lowest BCUT2D eigenvalue weighted by molar-refractivity contribution is 0.0420. The third kappa shape index (κ3) is 9.17. The molecule has 0 aliphatic carbocycles. The van der Waals surface area contributed by atoms with Gasteiger partial charge in [0.25, 0.3) is 0 Å². The van der Waals surface area contributed by atoms with Crippen molar-refractivity contribution in [3.05, 3.63) is 48.2 Å². The Balaban J connectivity index is 0.00000363. The van der Waals surface area contributed by atoms with E-state index in [2.05, 4.69) is 20.6 Å². The topological polar surface area (TPSA) is 86.2 Å². The zero-order chi connectivity index (χ0) is 21.7. The van der Waals surface area contributed by atoms with Crippen molar-refractivity contribution < 1.29 is 18.9 Å². The summed E-state index contributed by atoms with van der Waals surface area (Å²) in [6.07, 6.45) is 3.89. The van der Waals surface area contributed by atoms with Gasteiger partial charge in [0.2, 0.25) is 5.88 Å². The Labute approximate surface area is 207 Å². The molecule has 1 aliphatic rings. The Kier molecular flexibility index (Phi) is 12.1. The van der Waals surface area contributed by atoms with Crippen LogP contribution in [0.4, 0.5) is 0 Å². The van der Waals surface area contributed by atoms with E-state index in [-0.39, 0.29) is 30.1 Å². The second-order valence-corrected chi connectivity index (χ2v) is 7.07. The van der Waals surface area contributed by atoms with E-state index in [4.69, 9.17) is 18.9 Å². The van der Waals surface area contributed by atoms with E-state index in [9.17, 15) is 0 Å². The highest BCUT2D eigenvalue weighted by Crippen LogP contribution is 2.23. The summed E-state index contributed by atoms with van der Waals surface area (Å²) >= 11 is 0. The van der Waals surface area contributed by atoms with Crippen molar-refractivity contribution in [3.63, 3.8) is 0 Å². The number of hydrogen-bond donors (Lipinski definition) is 2. The molecule has 0 bridgehead atoms. The predicted molar refractivity (Wildman–Crippen MR) is 135 cm³/mol. The number of guanidine groups is 1. The zero-order valence-corrected chi connectivity index (χ0v) is 21.0. The number of nitrogens with zero attached hydrogens (tertiary/aromatic N) is 2. The molecular formula is C23H33IN4O4. The van der Waals surface area contributed by atoms with E-state index in [0.717, 1.165) is 43.3 Å². The molecular weight excluding hydrogens is 523 g/mol. The van der Waals surface area contributed by atoms with E-state index < -0.39 is 0 Å². The molecule has 1 aromatic heterocycles. The number of benzene rings is 1. The van der Waals surface area contributed by atoms with Crippen LogP contribution in [-0.2, 0) is 16.0 Å². The summed E-state index contributed by atoms with van der Waals surface area (Å²) in [6.45, 7) is 6.23. The number of rotatable bonds is 11. The van der Waals surface area contributed by atoms with Gasteiger partial charge < -0.3 is 29.6 Å². The van der Waals surface area contributed by atoms with Crippen LogP contribution in [0.3, 0.4) is 0 Å². The fraction of sp³-hybridized carbons (Fsp3) is 0.478. The molecule has 9 heteroatoms. The molecule has 1 fully saturated rings. The van der Waals surface area contributed by atoms with Gasteiger partial charge in [0.15, 0.2) is 5.96 Å². The SMILES string of the molecule is CCOc1ccc(Oc2cc(CNC(=NC)NCCCOC3CCOC3)ccn2)cc1.I. The van der Waals surface area contributed by atoms with Crippen LogP contribution in [0.2, 0.25) is 0 Å². The van der Waals surface area contributed by atoms with Crippen LogP contribution < -0.4 is 20.1 Å². The van der Waals surface area contributed by atoms with E-state index in [1.165, 1.54) is 0 Å². The van der Waals surface area contributed by atoms with Crippen molar-refractivity contribution in [3.8, 4) is 17.4 Å². The fourth-order valence-electron chi connectivity index (χ4n) is 3.09. The highest BCUT2D eigenvalue weighted by Gasteiger charge is 2.15. The molecule has 176 valence electrons. The van der Waals surface area contributed by atoms with Crippen LogP contribution in [0.5, 0.6) is 17.4 Å². The number of aromatic nitrogens is 1. The summed E-state index contributed by atoms with van der Waals surface area (Å²) in [5.41, 5.74) is 1.04. The van der Waals surface area contributed by atoms with Crippen molar-refractivity contribution in [1.82, 2.24) is 15.6 Å². The largest absolute Gasteiger partial charge is 0.494 e. The normalized spacial score (nSPS) is 15.7. The molecule has 2 N–H and O–H groups in total. The van der Waals surface area contributed by atoms with Crippen LogP contribution in [0.1, 0.15) is 25.3 Å². The maximum absolute atomic E-state index is 5.86. The summed E-state index contributed by atoms with van der Waals surface area (Å²) in [5.74, 6) is 2.82. The van der Waals surface area contributed by atoms with Crippen LogP contribution in [0, 0.1) is 0 Å². The van der Waals surface area contributed by atoms with Gasteiger partial charge in [0, 0.05) is 45.6 Å². The molecule has 1 saturated heterocycles. The maximum Gasteiger partial charge on any atom is 0.219 e. The molecule has 0 amide bonds. The lowest BCUT2D eigenvalue weighted by Crippen LogP contribution is -2.37. The lowest BCUT2D eigenvalue weighted by atomic mass is 10.2. The minimum atomic E-state index is 0. The van der Waals surface area contributed by atoms with Crippen molar-refractivity contribution in [2.45, 2.75) is 32.4 Å². The lowest BCUT2D eigenvalue weighted by Gasteiger charge is -2.13. The highest BCUT2D eigenvalue weighted by atomic mass is 127. The number of halogens is 1. The van der Waals surface area contributed by atoms with Crippen LogP contribution in [-0.4, -0.2) is 57.1 Å². The van der Waals surface area contributed by atoms with E-state index in [0.29, 0.717) is 38.0 Å². The van der Waals surface area contributed by atoms with Gasteiger partial charge in [0.05, 0.1) is 19.3 Å². The Bertz CT molecular complexity index is 814. The van der Waals surface area contributed by atoms with Crippen LogP contribution in [0.25, 0.3) is 0 Å². The van der Waals surface area contributed by atoms with Gasteiger partial charge in [-0.15, -0.1) is 24.0 Å². The second kappa shape index (κ2) is 14.9. The Morgan fingerprint density at radius 2 is 2.00 bits per heavy atom. The summed E-state index contributed by atoms with van der Waals surface area (Å²) in [4.78, 5) is 8.56. The molecule has 1 aliphatic heterocycles. The number of aliphatic imine (C=N–C) groups is 1. The van der Waals surface area contributed by atoms with Gasteiger partial charge in [-0.2, -0.15) is 0 Å². The number of nitrogens with one attached hydrogen (secondary N) is 2. The van der Waals surface area contributed by atoms with Crippen molar-refractivity contribution in [2.24, 2.45) is 4.99 Å². The predicted octanol–water partition coefficient (Wildman–Crippen LogP) is 3.75. The highest BCUT2D eigenvalue weighted by molar-refractivity contribution is 14.0. The first-order valence-corrected chi connectivity index (χ1v) is 10.8. The fourth-order valence-corrected chi connectivity index (χ4v) is 3.09. The van der Waals surface area contributed by atoms with Crippen molar-refractivity contribution in [1.29, 1.82) is 0 Å². The maximum atomic E-state index is 5.86. The first kappa shape index (κ1) is 26.1. The van der Waals surface area contributed by atoms with Gasteiger partial charge in [-0.25, -0.2) is 4.98 Å². The minimum Gasteiger partial charge on any atom is -0.494 e. The summed E-state index contributed by atoms with van der Waals surface area (Å²) in [7, 11) is 1.76. The van der Waals surface area contributed by atoms with Crippen molar-refractivity contribution in [2.75, 3.05) is 40.0 Å². The summed E-state index contributed by atoms with van der Waals surface area (Å²) in [6, 6.07) is 11.4. The average molecular weight is 556 g/mol. The molecule has 1 unspecified atom stereocenters. The van der Waals surface area contributed by atoms with Crippen molar-refractivity contribution >= 4 is 29.9 Å². The summed E-state index contributed by atoms with van der Waals surface area (Å²) < 4.78 is 22.4. The smallest absolute Gasteiger partial charge is 0.219 e. The van der Waals surface area contributed by atoms with Crippen LogP contribution >= 0.6 is 24.0 Å². The molecule has 1 atom stereocenters. The average Bonchev–Trinajstić information content (AvgIpc) is 3.31. The van der Waals surface area contributed by atoms with E-state index >= 15 is 0 Å². The zero-order valence-electron chi connectivity index (χ0n) is 18.7. The molecule has 1 aromatic carbocycles. The molecule has 32 heavy (non-hydrogen) atoms. The molecule has 2 aromatic rings. The molecule has 0 radical (unpaired) electrons. The standard InChI is InChI=1S/C23H32N4O4.HI/c1-3-29-19-5-7-20(8-6-19)31-22-15-18(9-12-25-22)16-27-23(24-2)26-11-4-13-30-21-10-14-28-17-21;/h5-9,12,15,21H,3-4,10-11,13-14,16-17H2,1-2H3,(H2,24,26,27);1H. The second-order valence-electron chi connectivity index (χ2n) is 7.07. The Morgan fingerprint density at radius 3 is 2.72 bits per heavy atom. The van der Waals surface area contributed by atoms with Gasteiger partial charge in [-0.1, -0.05) is 0 Å². The molecule has 2 heterocycles. The van der Waals surface area contributed by atoms with Gasteiger partial charge >= 0.3 is 0 Å². The Morgan fingerprint density at radius 1 is 1.19 bits per heavy atom. The number of ether oxygens (including phenoxy) is 4. The monoisotopic (exact) mass is 556 g/mol. The Hall–Kier alpha value is -2.11. The first-order chi connectivity index (χ1) is 15.3. The molecule has 8 nitrogen and oxygen atoms in total. The van der Waals surface area contributed by atoms with E-state index in [1.54, 1.807) is 13.2 Å². The van der Waals surface area contributed by atoms with Crippen LogP contribution in [0.15, 0.2) is 47.6 Å². The molecule has 3 rings (SSSR count). The third-order valence-electron chi connectivity index (χ3n) is 4.70. The molecule has 0 saturated carbocycles.